The minimum atomic E-state index is -2.96. The van der Waals surface area contributed by atoms with E-state index in [1.54, 1.807) is 0 Å². The van der Waals surface area contributed by atoms with E-state index in [0.717, 1.165) is 22.3 Å². The Bertz CT molecular complexity index is 1840. The number of rotatable bonds is 9. The third kappa shape index (κ3) is 7.42. The fourth-order valence-electron chi connectivity index (χ4n) is 6.50. The molecular formula is C45H37BrN2Sn. The first-order valence-corrected chi connectivity index (χ1v) is 27.1. The molecule has 0 fully saturated rings. The van der Waals surface area contributed by atoms with Gasteiger partial charge in [0.05, 0.1) is 6.54 Å². The van der Waals surface area contributed by atoms with Crippen LogP contribution in [0, 0.1) is 11.5 Å². The minimum absolute atomic E-state index is 0.510. The summed E-state index contributed by atoms with van der Waals surface area (Å²) < 4.78 is 4.33. The van der Waals surface area contributed by atoms with Gasteiger partial charge in [-0.2, -0.15) is 5.26 Å². The molecule has 0 bridgehead atoms. The van der Waals surface area contributed by atoms with E-state index in [9.17, 15) is 5.26 Å². The predicted molar refractivity (Wildman–Crippen MR) is 210 cm³/mol. The van der Waals surface area contributed by atoms with Crippen molar-refractivity contribution in [1.29, 1.82) is 5.26 Å². The van der Waals surface area contributed by atoms with Crippen molar-refractivity contribution in [3.63, 3.8) is 0 Å². The van der Waals surface area contributed by atoms with Crippen molar-refractivity contribution in [2.75, 3.05) is 0 Å². The van der Waals surface area contributed by atoms with E-state index in [1.807, 2.05) is 77.7 Å². The summed E-state index contributed by atoms with van der Waals surface area (Å²) in [5, 5.41) is 10.4. The summed E-state index contributed by atoms with van der Waals surface area (Å²) in [5.74, 6) is 0. The molecule has 0 aromatic heterocycles. The topological polar surface area (TPSA) is 27.0 Å². The average Bonchev–Trinajstić information content (AvgIpc) is 3.20. The summed E-state index contributed by atoms with van der Waals surface area (Å²) in [5.41, 5.74) is 3.56. The van der Waals surface area contributed by atoms with Crippen LogP contribution in [-0.2, 0) is 12.1 Å². The first kappa shape index (κ1) is 34.0. The van der Waals surface area contributed by atoms with E-state index in [0.29, 0.717) is 6.54 Å². The summed E-state index contributed by atoms with van der Waals surface area (Å²) in [6.07, 6.45) is 2.52. The molecule has 2 nitrogen and oxygen atoms in total. The Morgan fingerprint density at radius 3 is 0.980 bits per heavy atom. The van der Waals surface area contributed by atoms with Crippen molar-refractivity contribution in [3.8, 4) is 6.19 Å². The zero-order chi connectivity index (χ0) is 33.8. The Morgan fingerprint density at radius 2 is 0.694 bits per heavy atom. The standard InChI is InChI=1S/C27H22N2.3C6H5.BrH.Sn/c28-22-29(21-23-13-5-1-6-14-23)27(24-15-7-2-8-16-24,25-17-9-3-10-18-25)26-19-11-4-12-20-26;3*1-2-4-6-5-3-1;;/h1-20H,21H2;3*1-5H;1H;/q;;;;;+1/p-1. The van der Waals surface area contributed by atoms with Gasteiger partial charge in [-0.05, 0) is 22.3 Å². The van der Waals surface area contributed by atoms with Crippen LogP contribution in [0.2, 0.25) is 0 Å². The number of nitriles is 1. The average molecular weight is 804 g/mol. The van der Waals surface area contributed by atoms with Gasteiger partial charge in [-0.15, -0.1) is 0 Å². The van der Waals surface area contributed by atoms with Crippen LogP contribution in [0.1, 0.15) is 22.3 Å². The van der Waals surface area contributed by atoms with Gasteiger partial charge in [0.15, 0.2) is 6.19 Å². The van der Waals surface area contributed by atoms with Gasteiger partial charge in [0, 0.05) is 0 Å². The summed E-state index contributed by atoms with van der Waals surface area (Å²) in [6.45, 7) is 0.510. The Balaban J connectivity index is 0.000000182. The molecule has 0 unspecified atom stereocenters. The van der Waals surface area contributed by atoms with Crippen molar-refractivity contribution in [2.45, 2.75) is 12.1 Å². The SMILES string of the molecule is N#CN(Cc1ccccc1)C(c1ccccc1)(c1ccccc1)c1ccccc1.[Br][Sn]([c]1ccccc1)([c]1ccccc1)[c]1ccccc1. The van der Waals surface area contributed by atoms with Crippen LogP contribution in [-0.4, -0.2) is 21.1 Å². The first-order valence-electron chi connectivity index (χ1n) is 16.4. The Labute approximate surface area is 300 Å². The molecule has 0 aliphatic rings. The third-order valence-corrected chi connectivity index (χ3v) is 27.7. The van der Waals surface area contributed by atoms with Gasteiger partial charge in [0.1, 0.15) is 5.54 Å². The molecule has 238 valence electrons. The maximum atomic E-state index is 10.4. The molecule has 0 aliphatic carbocycles. The molecular weight excluding hydrogens is 767 g/mol. The predicted octanol–water partition coefficient (Wildman–Crippen LogP) is 9.01. The van der Waals surface area contributed by atoms with E-state index < -0.39 is 21.7 Å². The molecule has 0 spiro atoms. The van der Waals surface area contributed by atoms with Gasteiger partial charge in [-0.1, -0.05) is 121 Å². The van der Waals surface area contributed by atoms with Gasteiger partial charge in [-0.3, -0.25) is 4.90 Å². The van der Waals surface area contributed by atoms with Gasteiger partial charge in [0.25, 0.3) is 0 Å². The van der Waals surface area contributed by atoms with Gasteiger partial charge < -0.3 is 0 Å². The van der Waals surface area contributed by atoms with Crippen molar-refractivity contribution in [2.24, 2.45) is 0 Å². The van der Waals surface area contributed by atoms with Gasteiger partial charge >= 0.3 is 131 Å². The molecule has 0 N–H and O–H groups in total. The zero-order valence-electron chi connectivity index (χ0n) is 27.2. The van der Waals surface area contributed by atoms with Crippen molar-refractivity contribution < 1.29 is 0 Å². The first-order chi connectivity index (χ1) is 24.2. The van der Waals surface area contributed by atoms with Crippen LogP contribution in [0.25, 0.3) is 0 Å². The summed E-state index contributed by atoms with van der Waals surface area (Å²) in [4.78, 5) is 1.89. The van der Waals surface area contributed by atoms with Crippen LogP contribution >= 0.6 is 12.7 Å². The molecule has 0 radical (unpaired) electrons. The summed E-state index contributed by atoms with van der Waals surface area (Å²) in [6, 6.07) is 73.6. The van der Waals surface area contributed by atoms with Gasteiger partial charge in [0.2, 0.25) is 0 Å². The second kappa shape index (κ2) is 16.5. The zero-order valence-corrected chi connectivity index (χ0v) is 31.6. The molecule has 7 rings (SSSR count). The summed E-state index contributed by atoms with van der Waals surface area (Å²) >= 11 is 1.26. The maximum absolute atomic E-state index is 10.4. The van der Waals surface area contributed by atoms with Crippen LogP contribution in [0.3, 0.4) is 0 Å². The number of hydrogen-bond acceptors (Lipinski definition) is 2. The molecule has 49 heavy (non-hydrogen) atoms. The number of halogens is 1. The number of benzene rings is 7. The van der Waals surface area contributed by atoms with Crippen molar-refractivity contribution in [3.05, 3.63) is 235 Å². The molecule has 4 heteroatoms. The molecule has 0 aliphatic heterocycles. The second-order valence-corrected chi connectivity index (χ2v) is 28.4. The Morgan fingerprint density at radius 1 is 0.429 bits per heavy atom. The Hall–Kier alpha value is -4.89. The van der Waals surface area contributed by atoms with Gasteiger partial charge in [-0.25, -0.2) is 0 Å². The monoisotopic (exact) mass is 804 g/mol. The third-order valence-electron chi connectivity index (χ3n) is 8.80. The fraction of sp³-hybridized carbons (Fsp3) is 0.0444. The molecule has 7 aromatic carbocycles. The quantitative estimate of drug-likeness (QED) is 0.0631. The number of hydrogen-bond donors (Lipinski definition) is 0. The van der Waals surface area contributed by atoms with Crippen molar-refractivity contribution >= 4 is 39.6 Å². The normalized spacial score (nSPS) is 11.0. The van der Waals surface area contributed by atoms with E-state index in [4.69, 9.17) is 0 Å². The molecule has 0 heterocycles. The molecule has 7 aromatic rings. The molecule has 0 amide bonds. The number of nitrogens with zero attached hydrogens (tertiary/aromatic N) is 2. The fourth-order valence-corrected chi connectivity index (χ4v) is 20.3. The molecule has 0 atom stereocenters. The van der Waals surface area contributed by atoms with E-state index in [1.165, 1.54) is 10.7 Å². The van der Waals surface area contributed by atoms with Crippen LogP contribution in [0.4, 0.5) is 0 Å². The molecule has 0 saturated heterocycles. The summed E-state index contributed by atoms with van der Waals surface area (Å²) in [7, 11) is 0. The Kier molecular flexibility index (Phi) is 11.4. The van der Waals surface area contributed by atoms with Crippen LogP contribution in [0.15, 0.2) is 212 Å². The van der Waals surface area contributed by atoms with Crippen molar-refractivity contribution in [1.82, 2.24) is 4.90 Å². The second-order valence-electron chi connectivity index (χ2n) is 11.7. The van der Waals surface area contributed by atoms with E-state index >= 15 is 0 Å². The van der Waals surface area contributed by atoms with E-state index in [2.05, 4.69) is 158 Å². The molecule has 0 saturated carbocycles. The van der Waals surface area contributed by atoms with E-state index in [-0.39, 0.29) is 0 Å². The van der Waals surface area contributed by atoms with Crippen LogP contribution < -0.4 is 10.7 Å². The van der Waals surface area contributed by atoms with Crippen LogP contribution in [0.5, 0.6) is 0 Å².